The Labute approximate surface area is 129 Å². The smallest absolute Gasteiger partial charge is 0.311 e. The van der Waals surface area contributed by atoms with E-state index < -0.39 is 0 Å². The molecule has 1 unspecified atom stereocenters. The molecule has 21 heavy (non-hydrogen) atoms. The van der Waals surface area contributed by atoms with Crippen LogP contribution in [0.25, 0.3) is 0 Å². The van der Waals surface area contributed by atoms with Crippen molar-refractivity contribution >= 4 is 29.2 Å². The first-order chi connectivity index (χ1) is 9.83. The molecule has 4 nitrogen and oxygen atoms in total. The van der Waals surface area contributed by atoms with Gasteiger partial charge in [0.05, 0.1) is 5.69 Å². The van der Waals surface area contributed by atoms with Gasteiger partial charge in [-0.15, -0.1) is 0 Å². The largest absolute Gasteiger partial charge is 0.332 e. The molecule has 5 heteroatoms. The molecule has 3 rings (SSSR count). The molecule has 0 spiro atoms. The van der Waals surface area contributed by atoms with Crippen molar-refractivity contribution in [2.45, 2.75) is 39.7 Å². The highest BCUT2D eigenvalue weighted by Gasteiger charge is 2.54. The van der Waals surface area contributed by atoms with Crippen molar-refractivity contribution in [2.75, 3.05) is 11.4 Å². The molecule has 1 atom stereocenters. The van der Waals surface area contributed by atoms with Gasteiger partial charge in [-0.25, -0.2) is 9.69 Å². The van der Waals surface area contributed by atoms with Gasteiger partial charge >= 0.3 is 6.03 Å². The van der Waals surface area contributed by atoms with E-state index in [-0.39, 0.29) is 23.4 Å². The molecule has 0 aromatic heterocycles. The van der Waals surface area contributed by atoms with E-state index in [2.05, 4.69) is 13.8 Å². The number of anilines is 1. The van der Waals surface area contributed by atoms with E-state index in [0.29, 0.717) is 17.3 Å². The predicted octanol–water partition coefficient (Wildman–Crippen LogP) is 3.61. The number of halogens is 1. The SMILES string of the molecule is Cc1ccc(N2C(=O)C3N(CCCC3(C)C)C2=O)cc1Cl. The molecular formula is C16H19ClN2O2. The fourth-order valence-corrected chi connectivity index (χ4v) is 3.54. The molecule has 0 N–H and O–H groups in total. The number of benzene rings is 1. The maximum absolute atomic E-state index is 12.8. The first-order valence-electron chi connectivity index (χ1n) is 7.24. The molecule has 2 aliphatic heterocycles. The van der Waals surface area contributed by atoms with E-state index in [1.165, 1.54) is 4.90 Å². The number of hydrogen-bond acceptors (Lipinski definition) is 2. The van der Waals surface area contributed by atoms with Crippen molar-refractivity contribution in [3.05, 3.63) is 28.8 Å². The van der Waals surface area contributed by atoms with Gasteiger partial charge < -0.3 is 4.90 Å². The van der Waals surface area contributed by atoms with E-state index in [1.54, 1.807) is 17.0 Å². The number of carbonyl (C=O) groups is 2. The highest BCUT2D eigenvalue weighted by Crippen LogP contribution is 2.41. The highest BCUT2D eigenvalue weighted by atomic mass is 35.5. The van der Waals surface area contributed by atoms with E-state index in [1.807, 2.05) is 13.0 Å². The topological polar surface area (TPSA) is 40.6 Å². The first-order valence-corrected chi connectivity index (χ1v) is 7.61. The van der Waals surface area contributed by atoms with Gasteiger partial charge in [-0.1, -0.05) is 31.5 Å². The molecule has 0 bridgehead atoms. The summed E-state index contributed by atoms with van der Waals surface area (Å²) >= 11 is 6.13. The summed E-state index contributed by atoms with van der Waals surface area (Å²) in [5, 5.41) is 0.567. The average Bonchev–Trinajstić information content (AvgIpc) is 2.66. The number of rotatable bonds is 1. The molecule has 0 aliphatic carbocycles. The standard InChI is InChI=1S/C16H19ClN2O2/c1-10-5-6-11(9-12(10)17)19-14(20)13-16(2,3)7-4-8-18(13)15(19)21/h5-6,9,13H,4,7-8H2,1-3H3. The summed E-state index contributed by atoms with van der Waals surface area (Å²) in [7, 11) is 0. The number of amides is 3. The summed E-state index contributed by atoms with van der Waals surface area (Å²) in [6.45, 7) is 6.65. The van der Waals surface area contributed by atoms with Crippen molar-refractivity contribution < 1.29 is 9.59 Å². The van der Waals surface area contributed by atoms with Gasteiger partial charge in [-0.3, -0.25) is 4.79 Å². The Morgan fingerprint density at radius 3 is 2.62 bits per heavy atom. The summed E-state index contributed by atoms with van der Waals surface area (Å²) in [4.78, 5) is 28.4. The van der Waals surface area contributed by atoms with Crippen LogP contribution in [0.15, 0.2) is 18.2 Å². The number of carbonyl (C=O) groups excluding carboxylic acids is 2. The molecule has 0 radical (unpaired) electrons. The number of aryl methyl sites for hydroxylation is 1. The van der Waals surface area contributed by atoms with Crippen LogP contribution in [0.2, 0.25) is 5.02 Å². The quantitative estimate of drug-likeness (QED) is 0.744. The molecule has 2 fully saturated rings. The normalized spacial score (nSPS) is 24.5. The number of urea groups is 1. The zero-order valence-corrected chi connectivity index (χ0v) is 13.3. The van der Waals surface area contributed by atoms with Gasteiger partial charge in [0, 0.05) is 11.6 Å². The molecule has 1 aromatic rings. The van der Waals surface area contributed by atoms with Gasteiger partial charge in [0.2, 0.25) is 0 Å². The Morgan fingerprint density at radius 2 is 2.00 bits per heavy atom. The second kappa shape index (κ2) is 4.73. The van der Waals surface area contributed by atoms with Gasteiger partial charge in [0.15, 0.2) is 0 Å². The van der Waals surface area contributed by atoms with Gasteiger partial charge in [0.1, 0.15) is 6.04 Å². The Morgan fingerprint density at radius 1 is 1.29 bits per heavy atom. The highest BCUT2D eigenvalue weighted by molar-refractivity contribution is 6.32. The van der Waals surface area contributed by atoms with Crippen LogP contribution in [0.3, 0.4) is 0 Å². The fraction of sp³-hybridized carbons (Fsp3) is 0.500. The second-order valence-electron chi connectivity index (χ2n) is 6.58. The Balaban J connectivity index is 2.02. The van der Waals surface area contributed by atoms with Crippen LogP contribution < -0.4 is 4.90 Å². The van der Waals surface area contributed by atoms with Crippen LogP contribution in [0.5, 0.6) is 0 Å². The van der Waals surface area contributed by atoms with Crippen LogP contribution in [-0.4, -0.2) is 29.4 Å². The molecule has 0 saturated carbocycles. The number of piperidine rings is 1. The molecule has 3 amide bonds. The minimum Gasteiger partial charge on any atom is -0.311 e. The maximum atomic E-state index is 12.8. The second-order valence-corrected chi connectivity index (χ2v) is 6.98. The fourth-order valence-electron chi connectivity index (χ4n) is 3.37. The maximum Gasteiger partial charge on any atom is 0.332 e. The zero-order valence-electron chi connectivity index (χ0n) is 12.5. The molecule has 2 heterocycles. The third-order valence-electron chi connectivity index (χ3n) is 4.58. The Kier molecular flexibility index (Phi) is 3.24. The Hall–Kier alpha value is -1.55. The molecule has 1 aromatic carbocycles. The predicted molar refractivity (Wildman–Crippen MR) is 82.6 cm³/mol. The van der Waals surface area contributed by atoms with E-state index >= 15 is 0 Å². The third-order valence-corrected chi connectivity index (χ3v) is 4.98. The molecule has 112 valence electrons. The Bertz CT molecular complexity index is 627. The number of fused-ring (bicyclic) bond motifs is 1. The summed E-state index contributed by atoms with van der Waals surface area (Å²) in [6.07, 6.45) is 1.89. The van der Waals surface area contributed by atoms with Crippen LogP contribution >= 0.6 is 11.6 Å². The van der Waals surface area contributed by atoms with Crippen LogP contribution in [-0.2, 0) is 4.79 Å². The van der Waals surface area contributed by atoms with Crippen molar-refractivity contribution in [1.82, 2.24) is 4.90 Å². The van der Waals surface area contributed by atoms with E-state index in [0.717, 1.165) is 18.4 Å². The van der Waals surface area contributed by atoms with Crippen molar-refractivity contribution in [2.24, 2.45) is 5.41 Å². The van der Waals surface area contributed by atoms with E-state index in [9.17, 15) is 9.59 Å². The van der Waals surface area contributed by atoms with Gasteiger partial charge in [-0.05, 0) is 42.9 Å². The molecule has 2 aliphatic rings. The first kappa shape index (κ1) is 14.4. The van der Waals surface area contributed by atoms with Gasteiger partial charge in [0.25, 0.3) is 5.91 Å². The lowest BCUT2D eigenvalue weighted by Gasteiger charge is -2.39. The summed E-state index contributed by atoms with van der Waals surface area (Å²) in [5.41, 5.74) is 1.30. The van der Waals surface area contributed by atoms with Crippen molar-refractivity contribution in [3.63, 3.8) is 0 Å². The number of hydrogen-bond donors (Lipinski definition) is 0. The van der Waals surface area contributed by atoms with Crippen LogP contribution in [0.1, 0.15) is 32.3 Å². The minimum absolute atomic E-state index is 0.135. The number of imide groups is 1. The monoisotopic (exact) mass is 306 g/mol. The lowest BCUT2D eigenvalue weighted by molar-refractivity contribution is -0.124. The molecular weight excluding hydrogens is 288 g/mol. The van der Waals surface area contributed by atoms with Crippen LogP contribution in [0.4, 0.5) is 10.5 Å². The van der Waals surface area contributed by atoms with E-state index in [4.69, 9.17) is 11.6 Å². The van der Waals surface area contributed by atoms with Crippen molar-refractivity contribution in [3.8, 4) is 0 Å². The number of nitrogens with zero attached hydrogens (tertiary/aromatic N) is 2. The average molecular weight is 307 g/mol. The summed E-state index contributed by atoms with van der Waals surface area (Å²) < 4.78 is 0. The van der Waals surface area contributed by atoms with Crippen molar-refractivity contribution in [1.29, 1.82) is 0 Å². The summed E-state index contributed by atoms with van der Waals surface area (Å²) in [5.74, 6) is -0.135. The minimum atomic E-state index is -0.362. The third kappa shape index (κ3) is 2.13. The van der Waals surface area contributed by atoms with Gasteiger partial charge in [-0.2, -0.15) is 0 Å². The zero-order chi connectivity index (χ0) is 15.4. The summed E-state index contributed by atoms with van der Waals surface area (Å²) in [6, 6.07) is 4.72. The van der Waals surface area contributed by atoms with Crippen LogP contribution in [0, 0.1) is 12.3 Å². The lowest BCUT2D eigenvalue weighted by Crippen LogP contribution is -2.49. The molecule has 2 saturated heterocycles. The lowest BCUT2D eigenvalue weighted by atomic mass is 9.77.